The average molecular weight is 361 g/mol. The highest BCUT2D eigenvalue weighted by atomic mass is 19.2. The van der Waals surface area contributed by atoms with Crippen molar-refractivity contribution in [1.29, 1.82) is 0 Å². The van der Waals surface area contributed by atoms with E-state index in [1.54, 1.807) is 13.8 Å². The van der Waals surface area contributed by atoms with Gasteiger partial charge in [-0.25, -0.2) is 18.7 Å². The molecule has 6 nitrogen and oxygen atoms in total. The molecule has 0 aliphatic carbocycles. The molecule has 0 bridgehead atoms. The SMILES string of the molecule is Cc1nc(N2CCN(C)CC2)nc(C)c1NC(=O)c1ccc(F)c(F)c1. The molecule has 1 saturated heterocycles. The third-order valence-electron chi connectivity index (χ3n) is 4.47. The number of halogens is 2. The summed E-state index contributed by atoms with van der Waals surface area (Å²) in [5.74, 6) is -1.95. The van der Waals surface area contributed by atoms with Crippen LogP contribution in [-0.4, -0.2) is 54.0 Å². The van der Waals surface area contributed by atoms with Gasteiger partial charge >= 0.3 is 0 Å². The van der Waals surface area contributed by atoms with Crippen LogP contribution in [-0.2, 0) is 0 Å². The lowest BCUT2D eigenvalue weighted by atomic mass is 10.2. The van der Waals surface area contributed by atoms with Gasteiger partial charge in [0.1, 0.15) is 0 Å². The fourth-order valence-electron chi connectivity index (χ4n) is 2.85. The van der Waals surface area contributed by atoms with E-state index in [9.17, 15) is 13.6 Å². The number of benzene rings is 1. The van der Waals surface area contributed by atoms with Gasteiger partial charge < -0.3 is 15.1 Å². The third kappa shape index (κ3) is 3.80. The van der Waals surface area contributed by atoms with Gasteiger partial charge in [0, 0.05) is 31.7 Å². The Morgan fingerprint density at radius 1 is 1.04 bits per heavy atom. The van der Waals surface area contributed by atoms with Crippen molar-refractivity contribution in [3.8, 4) is 0 Å². The van der Waals surface area contributed by atoms with Crippen LogP contribution in [0.2, 0.25) is 0 Å². The zero-order valence-corrected chi connectivity index (χ0v) is 15.0. The van der Waals surface area contributed by atoms with Gasteiger partial charge in [-0.1, -0.05) is 0 Å². The second-order valence-corrected chi connectivity index (χ2v) is 6.44. The predicted molar refractivity (Wildman–Crippen MR) is 95.5 cm³/mol. The highest BCUT2D eigenvalue weighted by Crippen LogP contribution is 2.22. The monoisotopic (exact) mass is 361 g/mol. The number of anilines is 2. The Morgan fingerprint density at radius 3 is 2.23 bits per heavy atom. The summed E-state index contributed by atoms with van der Waals surface area (Å²) in [6, 6.07) is 3.03. The van der Waals surface area contributed by atoms with Crippen LogP contribution >= 0.6 is 0 Å². The summed E-state index contributed by atoms with van der Waals surface area (Å²) in [7, 11) is 2.08. The largest absolute Gasteiger partial charge is 0.338 e. The Bertz CT molecular complexity index is 811. The summed E-state index contributed by atoms with van der Waals surface area (Å²) < 4.78 is 26.4. The summed E-state index contributed by atoms with van der Waals surface area (Å²) in [6.07, 6.45) is 0. The Kier molecular flexibility index (Phi) is 5.13. The van der Waals surface area contributed by atoms with E-state index in [4.69, 9.17) is 0 Å². The van der Waals surface area contributed by atoms with Crippen LogP contribution in [0.15, 0.2) is 18.2 Å². The fourth-order valence-corrected chi connectivity index (χ4v) is 2.85. The van der Waals surface area contributed by atoms with Gasteiger partial charge in [-0.05, 0) is 39.1 Å². The predicted octanol–water partition coefficient (Wildman–Crippen LogP) is 2.38. The summed E-state index contributed by atoms with van der Waals surface area (Å²) in [4.78, 5) is 25.7. The van der Waals surface area contributed by atoms with Crippen molar-refractivity contribution in [2.45, 2.75) is 13.8 Å². The van der Waals surface area contributed by atoms with Gasteiger partial charge in [0.2, 0.25) is 5.95 Å². The number of carbonyl (C=O) groups excluding carboxylic acids is 1. The number of aryl methyl sites for hydroxylation is 2. The molecule has 1 aliphatic heterocycles. The second-order valence-electron chi connectivity index (χ2n) is 6.44. The lowest BCUT2D eigenvalue weighted by Crippen LogP contribution is -2.45. The normalized spacial score (nSPS) is 15.2. The van der Waals surface area contributed by atoms with E-state index in [0.29, 0.717) is 23.0 Å². The minimum Gasteiger partial charge on any atom is -0.338 e. The van der Waals surface area contributed by atoms with E-state index in [1.807, 2.05) is 0 Å². The number of aromatic nitrogens is 2. The molecule has 26 heavy (non-hydrogen) atoms. The number of rotatable bonds is 3. The Labute approximate surface area is 150 Å². The van der Waals surface area contributed by atoms with Crippen LogP contribution < -0.4 is 10.2 Å². The number of carbonyl (C=O) groups is 1. The number of amides is 1. The minimum absolute atomic E-state index is 0.0332. The molecule has 0 spiro atoms. The van der Waals surface area contributed by atoms with Crippen molar-refractivity contribution < 1.29 is 13.6 Å². The highest BCUT2D eigenvalue weighted by molar-refractivity contribution is 6.04. The molecule has 1 N–H and O–H groups in total. The van der Waals surface area contributed by atoms with Crippen molar-refractivity contribution >= 4 is 17.5 Å². The Morgan fingerprint density at radius 2 is 1.65 bits per heavy atom. The van der Waals surface area contributed by atoms with E-state index >= 15 is 0 Å². The van der Waals surface area contributed by atoms with Gasteiger partial charge in [-0.2, -0.15) is 0 Å². The van der Waals surface area contributed by atoms with Gasteiger partial charge in [0.15, 0.2) is 11.6 Å². The number of nitrogens with one attached hydrogen (secondary N) is 1. The molecule has 0 atom stereocenters. The Balaban J connectivity index is 1.80. The number of likely N-dealkylation sites (N-methyl/N-ethyl adjacent to an activating group) is 1. The molecular formula is C18H21F2N5O. The molecule has 1 aromatic heterocycles. The Hall–Kier alpha value is -2.61. The number of hydrogen-bond acceptors (Lipinski definition) is 5. The van der Waals surface area contributed by atoms with Gasteiger partial charge in [-0.15, -0.1) is 0 Å². The topological polar surface area (TPSA) is 61.4 Å². The summed E-state index contributed by atoms with van der Waals surface area (Å²) >= 11 is 0. The molecule has 1 fully saturated rings. The molecule has 1 aliphatic rings. The molecule has 1 aromatic carbocycles. The molecule has 2 heterocycles. The lowest BCUT2D eigenvalue weighted by molar-refractivity contribution is 0.102. The molecule has 1 amide bonds. The summed E-state index contributed by atoms with van der Waals surface area (Å²) in [6.45, 7) is 7.14. The maximum absolute atomic E-state index is 13.3. The maximum atomic E-state index is 13.3. The number of nitrogens with zero attached hydrogens (tertiary/aromatic N) is 4. The average Bonchev–Trinajstić information content (AvgIpc) is 2.60. The standard InChI is InChI=1S/C18H21F2N5O/c1-11-16(23-17(26)13-4-5-14(19)15(20)10-13)12(2)22-18(21-11)25-8-6-24(3)7-9-25/h4-5,10H,6-9H2,1-3H3,(H,23,26). The summed E-state index contributed by atoms with van der Waals surface area (Å²) in [5, 5.41) is 2.70. The van der Waals surface area contributed by atoms with Crippen molar-refractivity contribution in [2.75, 3.05) is 43.4 Å². The first-order valence-electron chi connectivity index (χ1n) is 8.40. The third-order valence-corrected chi connectivity index (χ3v) is 4.47. The van der Waals surface area contributed by atoms with E-state index in [0.717, 1.165) is 38.3 Å². The van der Waals surface area contributed by atoms with Gasteiger partial charge in [0.05, 0.1) is 17.1 Å². The number of hydrogen-bond donors (Lipinski definition) is 1. The first-order valence-corrected chi connectivity index (χ1v) is 8.40. The van der Waals surface area contributed by atoms with Crippen LogP contribution in [0.1, 0.15) is 21.7 Å². The van der Waals surface area contributed by atoms with Crippen molar-refractivity contribution in [3.05, 3.63) is 46.8 Å². The van der Waals surface area contributed by atoms with Crippen molar-refractivity contribution in [2.24, 2.45) is 0 Å². The molecule has 8 heteroatoms. The molecule has 0 saturated carbocycles. The van der Waals surface area contributed by atoms with Crippen LogP contribution in [0.5, 0.6) is 0 Å². The first kappa shape index (κ1) is 18.2. The van der Waals surface area contributed by atoms with Crippen LogP contribution in [0.3, 0.4) is 0 Å². The highest BCUT2D eigenvalue weighted by Gasteiger charge is 2.20. The molecule has 138 valence electrons. The second kappa shape index (κ2) is 7.33. The maximum Gasteiger partial charge on any atom is 0.255 e. The quantitative estimate of drug-likeness (QED) is 0.910. The first-order chi connectivity index (χ1) is 12.3. The summed E-state index contributed by atoms with van der Waals surface area (Å²) in [5.41, 5.74) is 1.77. The van der Waals surface area contributed by atoms with Gasteiger partial charge in [-0.3, -0.25) is 4.79 Å². The van der Waals surface area contributed by atoms with Crippen LogP contribution in [0, 0.1) is 25.5 Å². The fraction of sp³-hybridized carbons (Fsp3) is 0.389. The number of piperazine rings is 1. The van der Waals surface area contributed by atoms with E-state index in [1.165, 1.54) is 6.07 Å². The minimum atomic E-state index is -1.06. The molecular weight excluding hydrogens is 340 g/mol. The van der Waals surface area contributed by atoms with E-state index in [2.05, 4.69) is 32.1 Å². The molecule has 0 radical (unpaired) electrons. The van der Waals surface area contributed by atoms with Crippen LogP contribution in [0.4, 0.5) is 20.4 Å². The molecule has 3 rings (SSSR count). The zero-order chi connectivity index (χ0) is 18.8. The zero-order valence-electron chi connectivity index (χ0n) is 15.0. The molecule has 2 aromatic rings. The van der Waals surface area contributed by atoms with E-state index < -0.39 is 17.5 Å². The smallest absolute Gasteiger partial charge is 0.255 e. The van der Waals surface area contributed by atoms with Crippen molar-refractivity contribution in [3.63, 3.8) is 0 Å². The lowest BCUT2D eigenvalue weighted by Gasteiger charge is -2.32. The van der Waals surface area contributed by atoms with Crippen LogP contribution in [0.25, 0.3) is 0 Å². The molecule has 0 unspecified atom stereocenters. The van der Waals surface area contributed by atoms with Gasteiger partial charge in [0.25, 0.3) is 5.91 Å². The van der Waals surface area contributed by atoms with E-state index in [-0.39, 0.29) is 5.56 Å². The van der Waals surface area contributed by atoms with Crippen molar-refractivity contribution in [1.82, 2.24) is 14.9 Å².